The second kappa shape index (κ2) is 14.3. The normalized spacial score (nSPS) is 9.08. The summed E-state index contributed by atoms with van der Waals surface area (Å²) in [4.78, 5) is 0. The van der Waals surface area contributed by atoms with Gasteiger partial charge in [0.2, 0.25) is 0 Å². The van der Waals surface area contributed by atoms with Crippen molar-refractivity contribution in [3.05, 3.63) is 0 Å². The van der Waals surface area contributed by atoms with Crippen LogP contribution >= 0.6 is 0 Å². The Bertz CT molecular complexity index is 142. The Labute approximate surface area is 79.9 Å². The van der Waals surface area contributed by atoms with Crippen molar-refractivity contribution in [1.82, 2.24) is 0 Å². The Kier molecular flexibility index (Phi) is 20.4. The summed E-state index contributed by atoms with van der Waals surface area (Å²) in [6.45, 7) is 5.75. The first-order valence-electron chi connectivity index (χ1n) is 3.90. The third-order valence-electron chi connectivity index (χ3n) is 0.577. The van der Waals surface area contributed by atoms with E-state index in [2.05, 4.69) is 13.8 Å². The van der Waals surface area contributed by atoms with Gasteiger partial charge in [0.05, 0.1) is 0 Å². The minimum Gasteiger partial charge on any atom is -0.759 e. The van der Waals surface area contributed by atoms with Crippen LogP contribution in [-0.2, 0) is 10.4 Å². The van der Waals surface area contributed by atoms with Crippen LogP contribution in [0.1, 0.15) is 26.7 Å². The third-order valence-corrected chi connectivity index (χ3v) is 0.577. The first-order chi connectivity index (χ1) is 5.83. The minimum atomic E-state index is -5.17. The fraction of sp³-hybridized carbons (Fsp3) is 1.00. The maximum absolute atomic E-state index is 8.52. The van der Waals surface area contributed by atoms with Crippen LogP contribution < -0.4 is 11.5 Å². The highest BCUT2D eigenvalue weighted by Crippen LogP contribution is 1.58. The van der Waals surface area contributed by atoms with Gasteiger partial charge in [0, 0.05) is 10.4 Å². The molecule has 0 aliphatic rings. The van der Waals surface area contributed by atoms with Gasteiger partial charge in [-0.1, -0.05) is 13.8 Å². The van der Waals surface area contributed by atoms with Crippen LogP contribution in [0.5, 0.6) is 0 Å². The summed E-state index contributed by atoms with van der Waals surface area (Å²) >= 11 is 0. The first kappa shape index (κ1) is 18.5. The summed E-state index contributed by atoms with van der Waals surface area (Å²) in [7, 11) is -5.17. The summed E-state index contributed by atoms with van der Waals surface area (Å²) < 4.78 is 34.1. The van der Waals surface area contributed by atoms with E-state index in [4.69, 9.17) is 29.0 Å². The Balaban J connectivity index is -0.000000117. The molecule has 0 aliphatic carbocycles. The van der Waals surface area contributed by atoms with Crippen LogP contribution in [0, 0.1) is 0 Å². The molecule has 0 aromatic rings. The number of rotatable bonds is 2. The van der Waals surface area contributed by atoms with Gasteiger partial charge >= 0.3 is 0 Å². The lowest BCUT2D eigenvalue weighted by Crippen LogP contribution is -1.93. The lowest BCUT2D eigenvalue weighted by atomic mass is 10.5. The molecule has 0 unspecified atom stereocenters. The van der Waals surface area contributed by atoms with Crippen molar-refractivity contribution in [3.63, 3.8) is 0 Å². The van der Waals surface area contributed by atoms with E-state index in [1.807, 2.05) is 0 Å². The molecule has 0 saturated heterocycles. The van der Waals surface area contributed by atoms with E-state index in [9.17, 15) is 0 Å². The molecule has 0 heterocycles. The van der Waals surface area contributed by atoms with E-state index < -0.39 is 10.4 Å². The van der Waals surface area contributed by atoms with Crippen molar-refractivity contribution < 1.29 is 17.5 Å². The van der Waals surface area contributed by atoms with Gasteiger partial charge in [0.15, 0.2) is 0 Å². The molecule has 0 aliphatic heterocycles. The molecule has 13 heavy (non-hydrogen) atoms. The van der Waals surface area contributed by atoms with Crippen molar-refractivity contribution in [3.8, 4) is 0 Å². The molecule has 0 rings (SSSR count). The number of nitrogens with two attached hydrogens (primary N) is 2. The molecule has 0 spiro atoms. The monoisotopic (exact) mass is 214 g/mol. The van der Waals surface area contributed by atoms with Gasteiger partial charge in [-0.2, -0.15) is 0 Å². The summed E-state index contributed by atoms with van der Waals surface area (Å²) in [6, 6.07) is 0. The Morgan fingerprint density at radius 1 is 1.00 bits per heavy atom. The fourth-order valence-corrected chi connectivity index (χ4v) is 0. The van der Waals surface area contributed by atoms with Crippen LogP contribution in [0.4, 0.5) is 0 Å². The Morgan fingerprint density at radius 2 is 1.08 bits per heavy atom. The maximum atomic E-state index is 8.52. The van der Waals surface area contributed by atoms with Crippen LogP contribution in [0.3, 0.4) is 0 Å². The van der Waals surface area contributed by atoms with E-state index >= 15 is 0 Å². The van der Waals surface area contributed by atoms with Crippen LogP contribution in [-0.4, -0.2) is 30.6 Å². The molecular weight excluding hydrogens is 196 g/mol. The van der Waals surface area contributed by atoms with E-state index in [-0.39, 0.29) is 0 Å². The zero-order valence-corrected chi connectivity index (χ0v) is 8.84. The Hall–Kier alpha value is -0.210. The SMILES string of the molecule is CCCN.CCCN.O=S(=O)([O-])[O-]. The molecule has 0 fully saturated rings. The predicted octanol–water partition coefficient (Wildman–Crippen LogP) is -0.628. The summed E-state index contributed by atoms with van der Waals surface area (Å²) in [5.41, 5.74) is 10.1. The zero-order chi connectivity index (χ0) is 11.3. The molecular formula is C6H18N2O4S-2. The minimum absolute atomic E-state index is 0.819. The number of hydrogen-bond acceptors (Lipinski definition) is 6. The van der Waals surface area contributed by atoms with E-state index in [0.29, 0.717) is 0 Å². The molecule has 0 bridgehead atoms. The molecule has 0 aromatic heterocycles. The summed E-state index contributed by atoms with van der Waals surface area (Å²) in [5, 5.41) is 0. The topological polar surface area (TPSA) is 132 Å². The Morgan fingerprint density at radius 3 is 1.08 bits per heavy atom. The van der Waals surface area contributed by atoms with Crippen LogP contribution in [0.15, 0.2) is 0 Å². The van der Waals surface area contributed by atoms with Gasteiger partial charge in [0.1, 0.15) is 0 Å². The zero-order valence-electron chi connectivity index (χ0n) is 8.02. The average Bonchev–Trinajstić information content (AvgIpc) is 2.01. The summed E-state index contributed by atoms with van der Waals surface area (Å²) in [6.07, 6.45) is 2.19. The van der Waals surface area contributed by atoms with E-state index in [0.717, 1.165) is 25.9 Å². The molecule has 0 amide bonds. The van der Waals surface area contributed by atoms with Crippen molar-refractivity contribution in [2.75, 3.05) is 13.1 Å². The smallest absolute Gasteiger partial charge is 0.0311 e. The molecule has 7 heteroatoms. The van der Waals surface area contributed by atoms with Gasteiger partial charge < -0.3 is 20.6 Å². The fourth-order valence-electron chi connectivity index (χ4n) is 0. The molecule has 0 aromatic carbocycles. The highest BCUT2D eigenvalue weighted by atomic mass is 32.3. The first-order valence-corrected chi connectivity index (χ1v) is 5.23. The summed E-state index contributed by atoms with van der Waals surface area (Å²) in [5.74, 6) is 0. The largest absolute Gasteiger partial charge is 0.759 e. The highest BCUT2D eigenvalue weighted by Gasteiger charge is 1.56. The third kappa shape index (κ3) is 353. The van der Waals surface area contributed by atoms with Gasteiger partial charge in [-0.25, -0.2) is 0 Å². The predicted molar refractivity (Wildman–Crippen MR) is 49.2 cm³/mol. The second-order valence-corrected chi connectivity index (χ2v) is 2.80. The van der Waals surface area contributed by atoms with Crippen molar-refractivity contribution >= 4 is 10.4 Å². The van der Waals surface area contributed by atoms with E-state index in [1.165, 1.54) is 0 Å². The standard InChI is InChI=1S/2C3H9N.H2O4S/c2*1-2-3-4;1-5(2,3)4/h2*2-4H2,1H3;(H2,1,2,3,4)/p-2. The molecule has 84 valence electrons. The van der Waals surface area contributed by atoms with Gasteiger partial charge in [-0.15, -0.1) is 0 Å². The number of hydrogen-bond donors (Lipinski definition) is 2. The lowest BCUT2D eigenvalue weighted by molar-refractivity contribution is 0.352. The van der Waals surface area contributed by atoms with Crippen LogP contribution in [0.25, 0.3) is 0 Å². The molecule has 0 radical (unpaired) electrons. The highest BCUT2D eigenvalue weighted by molar-refractivity contribution is 7.79. The van der Waals surface area contributed by atoms with Gasteiger partial charge in [-0.05, 0) is 25.9 Å². The van der Waals surface area contributed by atoms with Crippen molar-refractivity contribution in [2.24, 2.45) is 11.5 Å². The van der Waals surface area contributed by atoms with Gasteiger partial charge in [-0.3, -0.25) is 8.42 Å². The lowest BCUT2D eigenvalue weighted by Gasteiger charge is -2.06. The average molecular weight is 214 g/mol. The molecule has 0 atom stereocenters. The van der Waals surface area contributed by atoms with Crippen LogP contribution in [0.2, 0.25) is 0 Å². The van der Waals surface area contributed by atoms with Crippen molar-refractivity contribution in [2.45, 2.75) is 26.7 Å². The maximum Gasteiger partial charge on any atom is 0.0311 e. The molecule has 0 saturated carbocycles. The molecule has 6 nitrogen and oxygen atoms in total. The van der Waals surface area contributed by atoms with Gasteiger partial charge in [0.25, 0.3) is 0 Å². The quantitative estimate of drug-likeness (QED) is 0.464. The second-order valence-electron chi connectivity index (χ2n) is 1.99. The van der Waals surface area contributed by atoms with Crippen molar-refractivity contribution in [1.29, 1.82) is 0 Å². The van der Waals surface area contributed by atoms with E-state index in [1.54, 1.807) is 0 Å². The molecule has 4 N–H and O–H groups in total.